The molecule has 144 valence electrons. The lowest BCUT2D eigenvalue weighted by Gasteiger charge is -2.40. The van der Waals surface area contributed by atoms with Crippen LogP contribution < -0.4 is 0 Å². The molecule has 6 nitrogen and oxygen atoms in total. The summed E-state index contributed by atoms with van der Waals surface area (Å²) < 4.78 is 11.1. The van der Waals surface area contributed by atoms with Gasteiger partial charge in [0.2, 0.25) is 0 Å². The molecule has 7 heteroatoms. The predicted molar refractivity (Wildman–Crippen MR) is 102 cm³/mol. The average molecular weight is 389 g/mol. The van der Waals surface area contributed by atoms with E-state index < -0.39 is 5.97 Å². The van der Waals surface area contributed by atoms with Gasteiger partial charge in [0.15, 0.2) is 0 Å². The van der Waals surface area contributed by atoms with Gasteiger partial charge in [-0.05, 0) is 31.5 Å². The number of hydrogen-bond acceptors (Lipinski definition) is 5. The first-order valence-electron chi connectivity index (χ1n) is 8.88. The third-order valence-electron chi connectivity index (χ3n) is 4.82. The zero-order valence-corrected chi connectivity index (χ0v) is 16.3. The topological polar surface area (TPSA) is 80.0 Å². The second-order valence-corrected chi connectivity index (χ2v) is 7.74. The van der Waals surface area contributed by atoms with E-state index >= 15 is 0 Å². The molecule has 2 aromatic rings. The van der Waals surface area contributed by atoms with Crippen molar-refractivity contribution >= 4 is 23.6 Å². The van der Waals surface area contributed by atoms with Crippen LogP contribution in [0.25, 0.3) is 0 Å². The van der Waals surface area contributed by atoms with E-state index in [-0.39, 0.29) is 17.1 Å². The molecular weight excluding hydrogens is 366 g/mol. The Morgan fingerprint density at radius 3 is 2.78 bits per heavy atom. The fraction of sp³-hybridized carbons (Fsp3) is 0.400. The van der Waals surface area contributed by atoms with Crippen molar-refractivity contribution in [3.05, 3.63) is 53.5 Å². The summed E-state index contributed by atoms with van der Waals surface area (Å²) in [4.78, 5) is 27.0. The largest absolute Gasteiger partial charge is 0.478 e. The van der Waals surface area contributed by atoms with Gasteiger partial charge in [-0.25, -0.2) is 4.79 Å². The van der Waals surface area contributed by atoms with E-state index in [0.717, 1.165) is 11.3 Å². The van der Waals surface area contributed by atoms with Crippen LogP contribution in [0.4, 0.5) is 0 Å². The van der Waals surface area contributed by atoms with Crippen LogP contribution in [0.1, 0.15) is 46.7 Å². The van der Waals surface area contributed by atoms with Gasteiger partial charge in [-0.2, -0.15) is 0 Å². The Hall–Kier alpha value is -2.25. The predicted octanol–water partition coefficient (Wildman–Crippen LogP) is 3.91. The minimum atomic E-state index is -1.02. The highest BCUT2D eigenvalue weighted by atomic mass is 32.2. The molecule has 0 bridgehead atoms. The van der Waals surface area contributed by atoms with Crippen LogP contribution in [0.3, 0.4) is 0 Å². The Labute approximate surface area is 162 Å². The molecule has 27 heavy (non-hydrogen) atoms. The number of ether oxygens (including phenoxy) is 1. The molecule has 1 unspecified atom stereocenters. The van der Waals surface area contributed by atoms with Gasteiger partial charge in [0.25, 0.3) is 5.91 Å². The van der Waals surface area contributed by atoms with Crippen LogP contribution in [0.5, 0.6) is 0 Å². The number of amides is 1. The monoisotopic (exact) mass is 389 g/mol. The maximum Gasteiger partial charge on any atom is 0.339 e. The van der Waals surface area contributed by atoms with Crippen molar-refractivity contribution in [3.63, 3.8) is 0 Å². The molecule has 1 aliphatic heterocycles. The third kappa shape index (κ3) is 4.36. The fourth-order valence-corrected chi connectivity index (χ4v) is 4.04. The summed E-state index contributed by atoms with van der Waals surface area (Å²) in [6.07, 6.45) is 2.21. The van der Waals surface area contributed by atoms with Gasteiger partial charge in [0.1, 0.15) is 11.3 Å². The number of carbonyl (C=O) groups is 2. The molecule has 3 rings (SSSR count). The number of carboxylic acids is 1. The highest BCUT2D eigenvalue weighted by Crippen LogP contribution is 2.30. The first kappa shape index (κ1) is 19.5. The summed E-state index contributed by atoms with van der Waals surface area (Å²) in [5.41, 5.74) is 0.449. The lowest BCUT2D eigenvalue weighted by atomic mass is 10.0. The highest BCUT2D eigenvalue weighted by Gasteiger charge is 2.33. The summed E-state index contributed by atoms with van der Waals surface area (Å²) in [6.45, 7) is 5.73. The SMILES string of the molecule is CCC1(C)CN(C(=O)c2ccccc2SCc2occc2C(=O)O)CCO1. The first-order chi connectivity index (χ1) is 12.9. The molecule has 1 amide bonds. The molecule has 1 aliphatic rings. The fourth-order valence-electron chi connectivity index (χ4n) is 3.04. The van der Waals surface area contributed by atoms with Crippen LogP contribution in [-0.2, 0) is 10.5 Å². The summed E-state index contributed by atoms with van der Waals surface area (Å²) in [5, 5.41) is 9.20. The Kier molecular flexibility index (Phi) is 5.92. The van der Waals surface area contributed by atoms with E-state index in [4.69, 9.17) is 9.15 Å². The zero-order chi connectivity index (χ0) is 19.4. The summed E-state index contributed by atoms with van der Waals surface area (Å²) in [7, 11) is 0. The van der Waals surface area contributed by atoms with E-state index in [9.17, 15) is 14.7 Å². The third-order valence-corrected chi connectivity index (χ3v) is 5.90. The summed E-state index contributed by atoms with van der Waals surface area (Å²) in [6, 6.07) is 8.83. The second-order valence-electron chi connectivity index (χ2n) is 6.73. The van der Waals surface area contributed by atoms with Crippen LogP contribution in [-0.4, -0.2) is 47.2 Å². The van der Waals surface area contributed by atoms with E-state index in [1.807, 2.05) is 36.1 Å². The van der Waals surface area contributed by atoms with Crippen LogP contribution in [0.15, 0.2) is 45.9 Å². The number of carbonyl (C=O) groups excluding carboxylic acids is 1. The smallest absolute Gasteiger partial charge is 0.339 e. The first-order valence-corrected chi connectivity index (χ1v) is 9.87. The molecule has 0 aliphatic carbocycles. The molecule has 0 radical (unpaired) electrons. The number of aromatic carboxylic acids is 1. The van der Waals surface area contributed by atoms with Gasteiger partial charge in [0, 0.05) is 18.0 Å². The van der Waals surface area contributed by atoms with Crippen molar-refractivity contribution in [2.75, 3.05) is 19.7 Å². The van der Waals surface area contributed by atoms with E-state index in [0.29, 0.717) is 36.8 Å². The lowest BCUT2D eigenvalue weighted by molar-refractivity contribution is -0.0897. The van der Waals surface area contributed by atoms with E-state index in [2.05, 4.69) is 6.92 Å². The molecule has 2 heterocycles. The normalized spacial score (nSPS) is 19.9. The summed E-state index contributed by atoms with van der Waals surface area (Å²) in [5.74, 6) is -0.316. The van der Waals surface area contributed by atoms with Crippen molar-refractivity contribution < 1.29 is 23.8 Å². The van der Waals surface area contributed by atoms with Gasteiger partial charge in [0.05, 0.1) is 29.8 Å². The van der Waals surface area contributed by atoms with Crippen molar-refractivity contribution in [2.45, 2.75) is 36.5 Å². The van der Waals surface area contributed by atoms with Crippen molar-refractivity contribution in [1.29, 1.82) is 0 Å². The maximum absolute atomic E-state index is 13.1. The zero-order valence-electron chi connectivity index (χ0n) is 15.4. The number of benzene rings is 1. The molecule has 0 spiro atoms. The van der Waals surface area contributed by atoms with E-state index in [1.165, 1.54) is 24.1 Å². The standard InChI is InChI=1S/C20H23NO5S/c1-3-20(2)13-21(9-11-26-20)18(22)15-6-4-5-7-17(15)27-12-16-14(19(23)24)8-10-25-16/h4-8,10H,3,9,11-13H2,1-2H3,(H,23,24). The van der Waals surface area contributed by atoms with Crippen molar-refractivity contribution in [2.24, 2.45) is 0 Å². The molecular formula is C20H23NO5S. The lowest BCUT2D eigenvalue weighted by Crippen LogP contribution is -2.51. The van der Waals surface area contributed by atoms with Crippen molar-refractivity contribution in [1.82, 2.24) is 4.90 Å². The number of thioether (sulfide) groups is 1. The summed E-state index contributed by atoms with van der Waals surface area (Å²) >= 11 is 1.40. The molecule has 1 atom stereocenters. The number of furan rings is 1. The number of hydrogen-bond donors (Lipinski definition) is 1. The molecule has 1 aromatic heterocycles. The number of rotatable bonds is 6. The van der Waals surface area contributed by atoms with Crippen LogP contribution in [0.2, 0.25) is 0 Å². The van der Waals surface area contributed by atoms with Gasteiger partial charge in [-0.15, -0.1) is 11.8 Å². The van der Waals surface area contributed by atoms with Gasteiger partial charge in [-0.1, -0.05) is 19.1 Å². The van der Waals surface area contributed by atoms with Crippen LogP contribution in [0, 0.1) is 0 Å². The second kappa shape index (κ2) is 8.19. The quantitative estimate of drug-likeness (QED) is 0.755. The number of nitrogens with zero attached hydrogens (tertiary/aromatic N) is 1. The Morgan fingerprint density at radius 2 is 2.04 bits per heavy atom. The number of carboxylic acid groups (broad SMARTS) is 1. The van der Waals surface area contributed by atoms with Crippen LogP contribution >= 0.6 is 11.8 Å². The Morgan fingerprint density at radius 1 is 1.26 bits per heavy atom. The molecule has 1 aromatic carbocycles. The highest BCUT2D eigenvalue weighted by molar-refractivity contribution is 7.98. The Bertz CT molecular complexity index is 833. The Balaban J connectivity index is 1.76. The molecule has 0 saturated carbocycles. The van der Waals surface area contributed by atoms with Gasteiger partial charge >= 0.3 is 5.97 Å². The average Bonchev–Trinajstić information content (AvgIpc) is 3.15. The maximum atomic E-state index is 13.1. The molecule has 1 N–H and O–H groups in total. The number of morpholine rings is 1. The van der Waals surface area contributed by atoms with Crippen molar-refractivity contribution in [3.8, 4) is 0 Å². The molecule has 1 saturated heterocycles. The molecule has 1 fully saturated rings. The van der Waals surface area contributed by atoms with E-state index in [1.54, 1.807) is 0 Å². The van der Waals surface area contributed by atoms with Gasteiger partial charge in [-0.3, -0.25) is 4.79 Å². The minimum Gasteiger partial charge on any atom is -0.478 e. The van der Waals surface area contributed by atoms with Gasteiger partial charge < -0.3 is 19.2 Å². The minimum absolute atomic E-state index is 0.0287.